The van der Waals surface area contributed by atoms with Gasteiger partial charge in [-0.05, 0) is 75.3 Å². The summed E-state index contributed by atoms with van der Waals surface area (Å²) >= 11 is 1.74. The number of para-hydroxylation sites is 1. The molecule has 15 aromatic rings. The summed E-state index contributed by atoms with van der Waals surface area (Å²) < 4.78 is 5.59. The van der Waals surface area contributed by atoms with E-state index in [1.807, 2.05) is 0 Å². The summed E-state index contributed by atoms with van der Waals surface area (Å²) in [4.78, 5) is 23.0. The molecule has 0 amide bonds. The maximum atomic E-state index is 5.48. The van der Waals surface area contributed by atoms with Crippen LogP contribution in [0.3, 0.4) is 0 Å². The van der Waals surface area contributed by atoms with Gasteiger partial charge in [0.2, 0.25) is 11.9 Å². The molecule has 6 nitrogen and oxygen atoms in total. The lowest BCUT2D eigenvalue weighted by Gasteiger charge is -2.13. The molecule has 0 atom stereocenters. The highest BCUT2D eigenvalue weighted by Crippen LogP contribution is 2.43. The molecule has 7 heteroatoms. The van der Waals surface area contributed by atoms with Crippen molar-refractivity contribution in [2.75, 3.05) is 0 Å². The van der Waals surface area contributed by atoms with Crippen molar-refractivity contribution in [3.05, 3.63) is 231 Å². The fraction of sp³-hybridized carbons (Fsp3) is 0. The summed E-state index contributed by atoms with van der Waals surface area (Å²) in [5, 5.41) is 10.2. The second kappa shape index (κ2) is 15.6. The summed E-state index contributed by atoms with van der Waals surface area (Å²) in [7, 11) is 0. The summed E-state index contributed by atoms with van der Waals surface area (Å²) in [6.07, 6.45) is 0. The second-order valence-corrected chi connectivity index (χ2v) is 19.2. The third-order valence-electron chi connectivity index (χ3n) is 14.2. The zero-order chi connectivity index (χ0) is 46.6. The van der Waals surface area contributed by atoms with Gasteiger partial charge < -0.3 is 0 Å². The lowest BCUT2D eigenvalue weighted by molar-refractivity contribution is 1.02. The summed E-state index contributed by atoms with van der Waals surface area (Å²) in [6, 6.07) is 82.0. The molecule has 0 saturated carbocycles. The van der Waals surface area contributed by atoms with Crippen LogP contribution in [0.25, 0.3) is 142 Å². The first-order chi connectivity index (χ1) is 35.2. The van der Waals surface area contributed by atoms with E-state index in [1.54, 1.807) is 11.3 Å². The zero-order valence-corrected chi connectivity index (χ0v) is 38.8. The van der Waals surface area contributed by atoms with Crippen molar-refractivity contribution < 1.29 is 0 Å². The van der Waals surface area contributed by atoms with Gasteiger partial charge in [0.1, 0.15) is 0 Å². The Morgan fingerprint density at radius 3 is 1.63 bits per heavy atom. The molecule has 0 aliphatic heterocycles. The van der Waals surface area contributed by atoms with Crippen LogP contribution in [0.2, 0.25) is 0 Å². The Kier molecular flexibility index (Phi) is 8.73. The molecular weight excluding hydrogens is 885 g/mol. The van der Waals surface area contributed by atoms with Gasteiger partial charge in [0, 0.05) is 48.3 Å². The van der Waals surface area contributed by atoms with Crippen LogP contribution in [0.5, 0.6) is 0 Å². The van der Waals surface area contributed by atoms with Gasteiger partial charge in [-0.15, -0.1) is 11.3 Å². The third-order valence-corrected chi connectivity index (χ3v) is 15.3. The van der Waals surface area contributed by atoms with Gasteiger partial charge in [0.15, 0.2) is 0 Å². The van der Waals surface area contributed by atoms with Crippen molar-refractivity contribution in [3.8, 4) is 56.0 Å². The molecule has 0 N–H and O–H groups in total. The molecule has 0 aliphatic rings. The van der Waals surface area contributed by atoms with E-state index >= 15 is 0 Å². The van der Waals surface area contributed by atoms with E-state index in [2.05, 4.69) is 240 Å². The van der Waals surface area contributed by atoms with Crippen LogP contribution in [0.15, 0.2) is 231 Å². The average Bonchev–Trinajstić information content (AvgIpc) is 4.13. The highest BCUT2D eigenvalue weighted by Gasteiger charge is 2.23. The molecule has 10 aromatic carbocycles. The molecule has 330 valence electrons. The third kappa shape index (κ3) is 6.20. The Balaban J connectivity index is 0.965. The van der Waals surface area contributed by atoms with Gasteiger partial charge in [-0.3, -0.25) is 9.13 Å². The molecule has 0 bridgehead atoms. The topological polar surface area (TPSA) is 61.4 Å². The van der Waals surface area contributed by atoms with Crippen molar-refractivity contribution in [2.24, 2.45) is 0 Å². The molecule has 15 rings (SSSR count). The van der Waals surface area contributed by atoms with E-state index in [0.717, 1.165) is 109 Å². The van der Waals surface area contributed by atoms with Crippen molar-refractivity contribution >= 4 is 97.6 Å². The first-order valence-electron chi connectivity index (χ1n) is 23.9. The van der Waals surface area contributed by atoms with E-state index in [1.165, 1.54) is 21.7 Å². The van der Waals surface area contributed by atoms with Gasteiger partial charge in [0.05, 0.1) is 49.2 Å². The maximum Gasteiger partial charge on any atom is 0.235 e. The number of aromatic nitrogens is 6. The Bertz CT molecular complexity index is 4630. The lowest BCUT2D eigenvalue weighted by atomic mass is 9.99. The smallest absolute Gasteiger partial charge is 0.235 e. The van der Waals surface area contributed by atoms with E-state index in [4.69, 9.17) is 19.9 Å². The Morgan fingerprint density at radius 2 is 0.845 bits per heavy atom. The SMILES string of the molecule is c1ccc(-c2cc3nc(-n4c5ccc(-c6ccc7c8ccccc8n(-c8nc(-c9ccccc9)c9ccc%10ccccc%10c9n8)c7c6)cc5c5c6ccccc6ccc54)nc(-c4ccccc4)c3s2)cc1. The van der Waals surface area contributed by atoms with E-state index < -0.39 is 0 Å². The monoisotopic (exact) mass is 922 g/mol. The van der Waals surface area contributed by atoms with Gasteiger partial charge in [-0.25, -0.2) is 19.9 Å². The second-order valence-electron chi connectivity index (χ2n) is 18.2. The van der Waals surface area contributed by atoms with Crippen LogP contribution < -0.4 is 0 Å². The Labute approximate surface area is 411 Å². The minimum atomic E-state index is 0.634. The van der Waals surface area contributed by atoms with Gasteiger partial charge in [0.25, 0.3) is 0 Å². The Hall–Kier alpha value is -9.30. The fourth-order valence-electron chi connectivity index (χ4n) is 10.9. The van der Waals surface area contributed by atoms with E-state index in [-0.39, 0.29) is 0 Å². The standard InChI is InChI=1S/C64H38N6S/c1-4-18-41(19-5-1)57-38-52-62(71-57)60(43-22-8-3-9-23-43)67-63(65-52)69-54-34-31-44(36-51(54)58-46-24-12-10-16-39(46)30-35-55(58)69)45-29-32-49-48-26-14-15-27-53(48)70(56(49)37-45)64-66-59(42-20-6-2-7-21-42)50-33-28-40-17-11-13-25-47(40)61(50)68-64/h1-38H. The normalized spacial score (nSPS) is 11.9. The van der Waals surface area contributed by atoms with Crippen LogP contribution in [-0.4, -0.2) is 29.1 Å². The number of nitrogens with zero attached hydrogens (tertiary/aromatic N) is 6. The molecule has 5 aromatic heterocycles. The van der Waals surface area contributed by atoms with Crippen molar-refractivity contribution in [1.82, 2.24) is 29.1 Å². The predicted octanol–water partition coefficient (Wildman–Crippen LogP) is 16.8. The van der Waals surface area contributed by atoms with E-state index in [0.29, 0.717) is 11.9 Å². The van der Waals surface area contributed by atoms with Crippen LogP contribution in [0, 0.1) is 0 Å². The minimum Gasteiger partial charge on any atom is -0.278 e. The average molecular weight is 923 g/mol. The molecule has 0 radical (unpaired) electrons. The highest BCUT2D eigenvalue weighted by molar-refractivity contribution is 7.22. The largest absolute Gasteiger partial charge is 0.278 e. The van der Waals surface area contributed by atoms with Crippen LogP contribution in [-0.2, 0) is 0 Å². The molecule has 0 spiro atoms. The van der Waals surface area contributed by atoms with E-state index in [9.17, 15) is 0 Å². The molecule has 5 heterocycles. The first kappa shape index (κ1) is 39.7. The number of benzene rings is 10. The molecule has 0 saturated heterocycles. The van der Waals surface area contributed by atoms with Crippen LogP contribution in [0.1, 0.15) is 0 Å². The van der Waals surface area contributed by atoms with Crippen LogP contribution in [0.4, 0.5) is 0 Å². The number of thiophene rings is 1. The highest BCUT2D eigenvalue weighted by atomic mass is 32.1. The zero-order valence-electron chi connectivity index (χ0n) is 38.0. The number of hydrogen-bond donors (Lipinski definition) is 0. The molecular formula is C64H38N6S. The minimum absolute atomic E-state index is 0.634. The molecule has 0 fully saturated rings. The number of fused-ring (bicyclic) bond motifs is 12. The summed E-state index contributed by atoms with van der Waals surface area (Å²) in [5.74, 6) is 1.27. The number of hydrogen-bond acceptors (Lipinski definition) is 5. The quantitative estimate of drug-likeness (QED) is 0.156. The summed E-state index contributed by atoms with van der Waals surface area (Å²) in [5.41, 5.74) is 13.3. The summed E-state index contributed by atoms with van der Waals surface area (Å²) in [6.45, 7) is 0. The van der Waals surface area contributed by atoms with Gasteiger partial charge in [-0.2, -0.15) is 0 Å². The van der Waals surface area contributed by atoms with Crippen molar-refractivity contribution in [3.63, 3.8) is 0 Å². The van der Waals surface area contributed by atoms with Gasteiger partial charge >= 0.3 is 0 Å². The fourth-order valence-corrected chi connectivity index (χ4v) is 12.0. The molecule has 71 heavy (non-hydrogen) atoms. The van der Waals surface area contributed by atoms with Crippen LogP contribution >= 0.6 is 11.3 Å². The molecule has 0 unspecified atom stereocenters. The lowest BCUT2D eigenvalue weighted by Crippen LogP contribution is -2.04. The molecule has 0 aliphatic carbocycles. The Morgan fingerprint density at radius 1 is 0.310 bits per heavy atom. The van der Waals surface area contributed by atoms with Crippen molar-refractivity contribution in [1.29, 1.82) is 0 Å². The number of rotatable bonds is 6. The van der Waals surface area contributed by atoms with Crippen molar-refractivity contribution in [2.45, 2.75) is 0 Å². The predicted molar refractivity (Wildman–Crippen MR) is 296 cm³/mol. The van der Waals surface area contributed by atoms with Gasteiger partial charge in [-0.1, -0.05) is 188 Å². The maximum absolute atomic E-state index is 5.48. The first-order valence-corrected chi connectivity index (χ1v) is 24.7.